The number of benzene rings is 8. The summed E-state index contributed by atoms with van der Waals surface area (Å²) in [5.74, 6) is 0. The lowest BCUT2D eigenvalue weighted by Gasteiger charge is -2.36. The van der Waals surface area contributed by atoms with Crippen LogP contribution in [0.5, 0.6) is 0 Å². The van der Waals surface area contributed by atoms with Crippen molar-refractivity contribution in [3.05, 3.63) is 233 Å². The topological polar surface area (TPSA) is 3.24 Å². The van der Waals surface area contributed by atoms with Crippen molar-refractivity contribution in [2.75, 3.05) is 4.90 Å². The number of aryl methyl sites for hydroxylation is 2. The predicted octanol–water partition coefficient (Wildman–Crippen LogP) is 13.6. The number of nitrogens with zero attached hydrogens (tertiary/aromatic N) is 1. The molecule has 1 spiro atoms. The van der Waals surface area contributed by atoms with E-state index in [4.69, 9.17) is 0 Å². The molecule has 1 nitrogen and oxygen atoms in total. The van der Waals surface area contributed by atoms with Gasteiger partial charge in [0.05, 0.1) is 11.1 Å². The summed E-state index contributed by atoms with van der Waals surface area (Å²) in [6.45, 7) is 4.75. The van der Waals surface area contributed by atoms with Crippen molar-refractivity contribution in [1.82, 2.24) is 0 Å². The predicted molar refractivity (Wildman–Crippen MR) is 229 cm³/mol. The number of hydrogen-bond acceptors (Lipinski definition) is 1. The van der Waals surface area contributed by atoms with Crippen LogP contribution in [0.25, 0.3) is 33.4 Å². The maximum absolute atomic E-state index is 2.53. The Hall–Kier alpha value is -6.44. The average Bonchev–Trinajstić information content (AvgIpc) is 3.59. The van der Waals surface area contributed by atoms with Gasteiger partial charge in [-0.15, -0.1) is 0 Å². The standard InChI is InChI=1S/C54H41N/c1-53(2)48-25-13-8-21-42(48)44-32-30-39(34-50(44)53)55(52-27-15-10-20-41(52)36-16-4-3-5-17-36)40-31-33-45-43-22-9-14-26-49(43)54(51(45)35-40)46-23-11-6-18-37(46)28-29-38-19-7-12-24-47(38)54/h3-27,30-35H,28-29H2,1-2H3. The van der Waals surface area contributed by atoms with E-state index in [9.17, 15) is 0 Å². The number of hydrogen-bond donors (Lipinski definition) is 0. The molecule has 8 aromatic carbocycles. The van der Waals surface area contributed by atoms with Crippen LogP contribution in [0.2, 0.25) is 0 Å². The molecule has 0 aliphatic heterocycles. The van der Waals surface area contributed by atoms with Gasteiger partial charge in [-0.2, -0.15) is 0 Å². The Bertz CT molecular complexity index is 2760. The zero-order chi connectivity index (χ0) is 36.7. The third-order valence-corrected chi connectivity index (χ3v) is 12.8. The van der Waals surface area contributed by atoms with Crippen LogP contribution in [0.1, 0.15) is 58.4 Å². The minimum Gasteiger partial charge on any atom is -0.310 e. The largest absolute Gasteiger partial charge is 0.310 e. The Kier molecular flexibility index (Phi) is 7.01. The molecular formula is C54H41N. The fraction of sp³-hybridized carbons (Fsp3) is 0.111. The van der Waals surface area contributed by atoms with Gasteiger partial charge in [-0.1, -0.05) is 172 Å². The molecular weight excluding hydrogens is 663 g/mol. The second kappa shape index (κ2) is 12.0. The lowest BCUT2D eigenvalue weighted by Crippen LogP contribution is -2.30. The summed E-state index contributed by atoms with van der Waals surface area (Å²) in [5, 5.41) is 0. The zero-order valence-electron chi connectivity index (χ0n) is 31.3. The smallest absolute Gasteiger partial charge is 0.0719 e. The maximum atomic E-state index is 2.53. The fourth-order valence-electron chi connectivity index (χ4n) is 10.4. The Morgan fingerprint density at radius 1 is 0.364 bits per heavy atom. The average molecular weight is 704 g/mol. The number of fused-ring (bicyclic) bond motifs is 12. The first kappa shape index (κ1) is 32.0. The van der Waals surface area contributed by atoms with E-state index < -0.39 is 5.41 Å². The van der Waals surface area contributed by atoms with Gasteiger partial charge in [-0.25, -0.2) is 0 Å². The first-order valence-corrected chi connectivity index (χ1v) is 19.7. The van der Waals surface area contributed by atoms with Crippen molar-refractivity contribution in [2.45, 2.75) is 37.5 Å². The van der Waals surface area contributed by atoms with E-state index in [0.717, 1.165) is 29.9 Å². The molecule has 0 saturated carbocycles. The summed E-state index contributed by atoms with van der Waals surface area (Å²) >= 11 is 0. The van der Waals surface area contributed by atoms with Crippen molar-refractivity contribution in [2.24, 2.45) is 0 Å². The first-order chi connectivity index (χ1) is 27.0. The van der Waals surface area contributed by atoms with Crippen molar-refractivity contribution in [3.63, 3.8) is 0 Å². The molecule has 0 amide bonds. The molecule has 11 rings (SSSR count). The number of para-hydroxylation sites is 1. The van der Waals surface area contributed by atoms with Crippen LogP contribution < -0.4 is 4.90 Å². The highest BCUT2D eigenvalue weighted by molar-refractivity contribution is 5.94. The second-order valence-corrected chi connectivity index (χ2v) is 16.0. The van der Waals surface area contributed by atoms with E-state index in [-0.39, 0.29) is 5.41 Å². The fourth-order valence-corrected chi connectivity index (χ4v) is 10.4. The highest BCUT2D eigenvalue weighted by atomic mass is 15.1. The van der Waals surface area contributed by atoms with Gasteiger partial charge in [0.2, 0.25) is 0 Å². The van der Waals surface area contributed by atoms with Crippen LogP contribution in [0.15, 0.2) is 188 Å². The summed E-state index contributed by atoms with van der Waals surface area (Å²) in [6.07, 6.45) is 2.05. The molecule has 55 heavy (non-hydrogen) atoms. The number of anilines is 3. The molecule has 1 heteroatoms. The van der Waals surface area contributed by atoms with Gasteiger partial charge in [0.25, 0.3) is 0 Å². The lowest BCUT2D eigenvalue weighted by molar-refractivity contribution is 0.660. The summed E-state index contributed by atoms with van der Waals surface area (Å²) in [6, 6.07) is 70.8. The normalized spacial score (nSPS) is 14.9. The van der Waals surface area contributed by atoms with E-state index >= 15 is 0 Å². The van der Waals surface area contributed by atoms with E-state index in [1.807, 2.05) is 0 Å². The Morgan fingerprint density at radius 3 is 1.47 bits per heavy atom. The summed E-state index contributed by atoms with van der Waals surface area (Å²) in [5.41, 5.74) is 21.8. The van der Waals surface area contributed by atoms with Crippen molar-refractivity contribution >= 4 is 17.1 Å². The lowest BCUT2D eigenvalue weighted by atomic mass is 9.66. The van der Waals surface area contributed by atoms with Crippen LogP contribution in [0, 0.1) is 0 Å². The molecule has 0 saturated heterocycles. The first-order valence-electron chi connectivity index (χ1n) is 19.7. The molecule has 262 valence electrons. The van der Waals surface area contributed by atoms with E-state index in [1.54, 1.807) is 0 Å². The Labute approximate surface area is 324 Å². The highest BCUT2D eigenvalue weighted by Gasteiger charge is 2.49. The van der Waals surface area contributed by atoms with Gasteiger partial charge >= 0.3 is 0 Å². The van der Waals surface area contributed by atoms with Gasteiger partial charge in [0.1, 0.15) is 0 Å². The third kappa shape index (κ3) is 4.53. The number of rotatable bonds is 4. The maximum Gasteiger partial charge on any atom is 0.0719 e. The second-order valence-electron chi connectivity index (χ2n) is 16.0. The molecule has 0 unspecified atom stereocenters. The van der Waals surface area contributed by atoms with Crippen LogP contribution >= 0.6 is 0 Å². The summed E-state index contributed by atoms with van der Waals surface area (Å²) in [7, 11) is 0. The van der Waals surface area contributed by atoms with Gasteiger partial charge in [-0.05, 0) is 115 Å². The van der Waals surface area contributed by atoms with Crippen LogP contribution in [-0.2, 0) is 23.7 Å². The van der Waals surface area contributed by atoms with Gasteiger partial charge in [-0.3, -0.25) is 0 Å². The van der Waals surface area contributed by atoms with Crippen molar-refractivity contribution in [1.29, 1.82) is 0 Å². The molecule has 0 fully saturated rings. The molecule has 3 aliphatic rings. The molecule has 0 atom stereocenters. The molecule has 0 heterocycles. The highest BCUT2D eigenvalue weighted by Crippen LogP contribution is 2.60. The van der Waals surface area contributed by atoms with E-state index in [2.05, 4.69) is 207 Å². The van der Waals surface area contributed by atoms with Crippen LogP contribution in [0.3, 0.4) is 0 Å². The van der Waals surface area contributed by atoms with Crippen LogP contribution in [-0.4, -0.2) is 0 Å². The minimum absolute atomic E-state index is 0.121. The zero-order valence-corrected chi connectivity index (χ0v) is 31.3. The monoisotopic (exact) mass is 703 g/mol. The third-order valence-electron chi connectivity index (χ3n) is 12.8. The Morgan fingerprint density at radius 2 is 0.818 bits per heavy atom. The quantitative estimate of drug-likeness (QED) is 0.176. The molecule has 3 aliphatic carbocycles. The Balaban J connectivity index is 1.21. The summed E-state index contributed by atoms with van der Waals surface area (Å²) in [4.78, 5) is 2.52. The van der Waals surface area contributed by atoms with E-state index in [0.29, 0.717) is 0 Å². The van der Waals surface area contributed by atoms with Gasteiger partial charge in [0, 0.05) is 22.4 Å². The van der Waals surface area contributed by atoms with Crippen molar-refractivity contribution < 1.29 is 0 Å². The van der Waals surface area contributed by atoms with E-state index in [1.165, 1.54) is 77.9 Å². The SMILES string of the molecule is CC1(C)c2ccccc2-c2ccc(N(c3ccc4c(c3)C3(c5ccccc5CCc5ccccc53)c3ccccc3-4)c3ccccc3-c3ccccc3)cc21. The molecule has 0 radical (unpaired) electrons. The molecule has 8 aromatic rings. The molecule has 0 bridgehead atoms. The summed E-state index contributed by atoms with van der Waals surface area (Å²) < 4.78 is 0. The molecule has 0 N–H and O–H groups in total. The van der Waals surface area contributed by atoms with Crippen LogP contribution in [0.4, 0.5) is 17.1 Å². The minimum atomic E-state index is -0.447. The van der Waals surface area contributed by atoms with Gasteiger partial charge < -0.3 is 4.90 Å². The van der Waals surface area contributed by atoms with Crippen molar-refractivity contribution in [3.8, 4) is 33.4 Å². The van der Waals surface area contributed by atoms with Gasteiger partial charge in [0.15, 0.2) is 0 Å². The molecule has 0 aromatic heterocycles.